The number of β-amino-alcohol motifs (C(OH)–C–C–N with tert-alkyl or cyclic N) is 1. The largest absolute Gasteiger partial charge is 0.391 e. The van der Waals surface area contributed by atoms with Gasteiger partial charge in [-0.25, -0.2) is 12.7 Å². The number of anilines is 1. The highest BCUT2D eigenvalue weighted by Gasteiger charge is 2.30. The highest BCUT2D eigenvalue weighted by molar-refractivity contribution is 7.89. The number of aromatic amines is 1. The second-order valence-electron chi connectivity index (χ2n) is 7.69. The van der Waals surface area contributed by atoms with E-state index < -0.39 is 10.0 Å². The van der Waals surface area contributed by atoms with E-state index >= 15 is 0 Å². The van der Waals surface area contributed by atoms with Gasteiger partial charge in [-0.05, 0) is 30.3 Å². The van der Waals surface area contributed by atoms with E-state index in [1.54, 1.807) is 12.1 Å². The number of aromatic nitrogens is 1. The number of aliphatic hydroxyl groups is 1. The Hall–Kier alpha value is -2.35. The first-order valence-electron chi connectivity index (χ1n) is 9.35. The van der Waals surface area contributed by atoms with E-state index in [9.17, 15) is 13.5 Å². The first kappa shape index (κ1) is 19.0. The van der Waals surface area contributed by atoms with Crippen LogP contribution in [-0.4, -0.2) is 56.1 Å². The van der Waals surface area contributed by atoms with E-state index in [-0.39, 0.29) is 16.9 Å². The van der Waals surface area contributed by atoms with Crippen molar-refractivity contribution >= 4 is 26.6 Å². The standard InChI is InChI=1S/C21H25N3O3S/c1-14-12-24(13-21(14)25)20-9-8-16(28(26,27)23(2)3)11-17(20)19-10-15-6-4-5-7-18(15)22-19/h4-11,14,21-22,25H,12-13H2,1-3H3/t14-,21-/m0/s1. The molecule has 0 unspecified atom stereocenters. The summed E-state index contributed by atoms with van der Waals surface area (Å²) >= 11 is 0. The van der Waals surface area contributed by atoms with Crippen LogP contribution in [-0.2, 0) is 10.0 Å². The van der Waals surface area contributed by atoms with Crippen LogP contribution in [0.1, 0.15) is 6.92 Å². The maximum absolute atomic E-state index is 12.7. The van der Waals surface area contributed by atoms with E-state index in [2.05, 4.69) is 9.88 Å². The number of para-hydroxylation sites is 1. The van der Waals surface area contributed by atoms with Crippen molar-refractivity contribution in [3.8, 4) is 11.3 Å². The van der Waals surface area contributed by atoms with Crippen LogP contribution in [0.3, 0.4) is 0 Å². The maximum Gasteiger partial charge on any atom is 0.242 e. The Labute approximate surface area is 165 Å². The van der Waals surface area contributed by atoms with Gasteiger partial charge in [-0.1, -0.05) is 25.1 Å². The number of hydrogen-bond acceptors (Lipinski definition) is 4. The summed E-state index contributed by atoms with van der Waals surface area (Å²) < 4.78 is 26.6. The van der Waals surface area contributed by atoms with Crippen LogP contribution in [0.15, 0.2) is 53.4 Å². The van der Waals surface area contributed by atoms with E-state index in [0.29, 0.717) is 6.54 Å². The fraction of sp³-hybridized carbons (Fsp3) is 0.333. The summed E-state index contributed by atoms with van der Waals surface area (Å²) in [6, 6.07) is 15.2. The molecule has 6 nitrogen and oxygen atoms in total. The molecule has 1 aliphatic rings. The second kappa shape index (κ2) is 6.92. The third-order valence-electron chi connectivity index (χ3n) is 5.48. The summed E-state index contributed by atoms with van der Waals surface area (Å²) in [7, 11) is -0.484. The molecule has 1 saturated heterocycles. The van der Waals surface area contributed by atoms with E-state index in [1.165, 1.54) is 18.4 Å². The van der Waals surface area contributed by atoms with Crippen LogP contribution < -0.4 is 4.90 Å². The van der Waals surface area contributed by atoms with Gasteiger partial charge >= 0.3 is 0 Å². The Balaban J connectivity index is 1.89. The lowest BCUT2D eigenvalue weighted by Crippen LogP contribution is -2.24. The predicted molar refractivity (Wildman–Crippen MR) is 112 cm³/mol. The molecule has 1 fully saturated rings. The number of fused-ring (bicyclic) bond motifs is 1. The molecule has 0 radical (unpaired) electrons. The van der Waals surface area contributed by atoms with Crippen molar-refractivity contribution in [3.05, 3.63) is 48.5 Å². The molecule has 0 amide bonds. The van der Waals surface area contributed by atoms with Gasteiger partial charge in [0.15, 0.2) is 0 Å². The highest BCUT2D eigenvalue weighted by atomic mass is 32.2. The molecular weight excluding hydrogens is 374 g/mol. The lowest BCUT2D eigenvalue weighted by molar-refractivity contribution is 0.157. The highest BCUT2D eigenvalue weighted by Crippen LogP contribution is 2.37. The smallest absolute Gasteiger partial charge is 0.242 e. The third kappa shape index (κ3) is 3.19. The molecule has 28 heavy (non-hydrogen) atoms. The van der Waals surface area contributed by atoms with Gasteiger partial charge in [-0.2, -0.15) is 0 Å². The normalized spacial score (nSPS) is 20.4. The summed E-state index contributed by atoms with van der Waals surface area (Å²) in [5.74, 6) is 0.167. The van der Waals surface area contributed by atoms with Gasteiger partial charge in [0, 0.05) is 61.0 Å². The third-order valence-corrected chi connectivity index (χ3v) is 7.29. The van der Waals surface area contributed by atoms with Gasteiger partial charge in [0.2, 0.25) is 10.0 Å². The molecule has 0 saturated carbocycles. The van der Waals surface area contributed by atoms with Gasteiger partial charge < -0.3 is 15.0 Å². The molecular formula is C21H25N3O3S. The molecule has 3 aromatic rings. The van der Waals surface area contributed by atoms with Crippen molar-refractivity contribution in [1.29, 1.82) is 0 Å². The summed E-state index contributed by atoms with van der Waals surface area (Å²) in [5, 5.41) is 11.3. The second-order valence-corrected chi connectivity index (χ2v) is 9.84. The van der Waals surface area contributed by atoms with E-state index in [4.69, 9.17) is 0 Å². The van der Waals surface area contributed by atoms with Crippen molar-refractivity contribution in [2.24, 2.45) is 5.92 Å². The molecule has 0 bridgehead atoms. The quantitative estimate of drug-likeness (QED) is 0.707. The Kier molecular flexibility index (Phi) is 4.69. The number of nitrogens with zero attached hydrogens (tertiary/aromatic N) is 2. The number of rotatable bonds is 4. The average Bonchev–Trinajstić information content (AvgIpc) is 3.24. The summed E-state index contributed by atoms with van der Waals surface area (Å²) in [6.07, 6.45) is -0.388. The van der Waals surface area contributed by atoms with Crippen molar-refractivity contribution in [2.75, 3.05) is 32.1 Å². The maximum atomic E-state index is 12.7. The minimum absolute atomic E-state index is 0.167. The number of nitrogens with one attached hydrogen (secondary N) is 1. The molecule has 2 atom stereocenters. The van der Waals surface area contributed by atoms with Crippen LogP contribution in [0.25, 0.3) is 22.2 Å². The van der Waals surface area contributed by atoms with Crippen LogP contribution in [0.2, 0.25) is 0 Å². The van der Waals surface area contributed by atoms with Crippen LogP contribution in [0.4, 0.5) is 5.69 Å². The summed E-state index contributed by atoms with van der Waals surface area (Å²) in [6.45, 7) is 3.29. The number of H-pyrrole nitrogens is 1. The summed E-state index contributed by atoms with van der Waals surface area (Å²) in [5.41, 5.74) is 3.60. The number of benzene rings is 2. The van der Waals surface area contributed by atoms with Gasteiger partial charge in [0.1, 0.15) is 0 Å². The van der Waals surface area contributed by atoms with Crippen LogP contribution in [0.5, 0.6) is 0 Å². The monoisotopic (exact) mass is 399 g/mol. The fourth-order valence-electron chi connectivity index (χ4n) is 3.74. The zero-order chi connectivity index (χ0) is 20.1. The average molecular weight is 400 g/mol. The first-order chi connectivity index (χ1) is 13.3. The molecule has 1 aromatic heterocycles. The predicted octanol–water partition coefficient (Wildman–Crippen LogP) is 2.90. The van der Waals surface area contributed by atoms with Crippen molar-refractivity contribution in [2.45, 2.75) is 17.9 Å². The van der Waals surface area contributed by atoms with E-state index in [0.717, 1.165) is 34.4 Å². The number of aliphatic hydroxyl groups excluding tert-OH is 1. The van der Waals surface area contributed by atoms with Crippen molar-refractivity contribution in [1.82, 2.24) is 9.29 Å². The number of sulfonamides is 1. The fourth-order valence-corrected chi connectivity index (χ4v) is 4.67. The zero-order valence-electron chi connectivity index (χ0n) is 16.3. The molecule has 2 heterocycles. The molecule has 0 aliphatic carbocycles. The van der Waals surface area contributed by atoms with Gasteiger partial charge in [-0.15, -0.1) is 0 Å². The SMILES string of the molecule is C[C@H]1CN(c2ccc(S(=O)(=O)N(C)C)cc2-c2cc3ccccc3[nH]2)C[C@@H]1O. The molecule has 0 spiro atoms. The Morgan fingerprint density at radius 2 is 1.86 bits per heavy atom. The van der Waals surface area contributed by atoms with Crippen molar-refractivity contribution in [3.63, 3.8) is 0 Å². The molecule has 2 N–H and O–H groups in total. The van der Waals surface area contributed by atoms with E-state index in [1.807, 2.05) is 43.3 Å². The van der Waals surface area contributed by atoms with Crippen LogP contribution >= 0.6 is 0 Å². The van der Waals surface area contributed by atoms with Crippen LogP contribution in [0, 0.1) is 5.92 Å². The first-order valence-corrected chi connectivity index (χ1v) is 10.8. The summed E-state index contributed by atoms with van der Waals surface area (Å²) in [4.78, 5) is 5.79. The molecule has 2 aromatic carbocycles. The Morgan fingerprint density at radius 1 is 1.11 bits per heavy atom. The van der Waals surface area contributed by atoms with Gasteiger partial charge in [-0.3, -0.25) is 0 Å². The van der Waals surface area contributed by atoms with Gasteiger partial charge in [0.25, 0.3) is 0 Å². The number of hydrogen-bond donors (Lipinski definition) is 2. The lowest BCUT2D eigenvalue weighted by Gasteiger charge is -2.23. The molecule has 1 aliphatic heterocycles. The molecule has 148 valence electrons. The molecule has 7 heteroatoms. The Morgan fingerprint density at radius 3 is 2.50 bits per heavy atom. The molecule has 4 rings (SSSR count). The minimum atomic E-state index is -3.55. The topological polar surface area (TPSA) is 76.6 Å². The Bertz CT molecular complexity index is 1080. The zero-order valence-corrected chi connectivity index (χ0v) is 17.1. The van der Waals surface area contributed by atoms with Gasteiger partial charge in [0.05, 0.1) is 11.0 Å². The minimum Gasteiger partial charge on any atom is -0.391 e. The van der Waals surface area contributed by atoms with Crippen molar-refractivity contribution < 1.29 is 13.5 Å². The lowest BCUT2D eigenvalue weighted by atomic mass is 10.1.